The van der Waals surface area contributed by atoms with E-state index in [1.165, 1.54) is 12.8 Å². The maximum Gasteiger partial charge on any atom is 0.251 e. The summed E-state index contributed by atoms with van der Waals surface area (Å²) in [5.41, 5.74) is 1.68. The highest BCUT2D eigenvalue weighted by Crippen LogP contribution is 2.58. The summed E-state index contributed by atoms with van der Waals surface area (Å²) in [7, 11) is 0. The van der Waals surface area contributed by atoms with Gasteiger partial charge in [0.25, 0.3) is 5.91 Å². The molecule has 1 unspecified atom stereocenters. The maximum absolute atomic E-state index is 12.5. The van der Waals surface area contributed by atoms with E-state index in [0.717, 1.165) is 50.9 Å². The van der Waals surface area contributed by atoms with E-state index in [4.69, 9.17) is 0 Å². The van der Waals surface area contributed by atoms with Crippen molar-refractivity contribution in [1.82, 2.24) is 10.6 Å². The average molecular weight is 378 g/mol. The van der Waals surface area contributed by atoms with Crippen LogP contribution in [0, 0.1) is 11.3 Å². The molecule has 6 heteroatoms. The normalized spacial score (nSPS) is 23.9. The summed E-state index contributed by atoms with van der Waals surface area (Å²) in [5.74, 6) is 0.269. The fourth-order valence-corrected chi connectivity index (χ4v) is 4.47. The Balaban J connectivity index is 0.00000196. The van der Waals surface area contributed by atoms with Gasteiger partial charge >= 0.3 is 0 Å². The van der Waals surface area contributed by atoms with Gasteiger partial charge in [-0.1, -0.05) is 12.8 Å². The fraction of sp³-hybridized carbons (Fsp3) is 0.600. The van der Waals surface area contributed by atoms with Gasteiger partial charge in [-0.25, -0.2) is 0 Å². The number of nitrogens with one attached hydrogen (secondary N) is 3. The third-order valence-corrected chi connectivity index (χ3v) is 6.21. The van der Waals surface area contributed by atoms with Crippen LogP contribution in [0.1, 0.15) is 55.3 Å². The van der Waals surface area contributed by atoms with Gasteiger partial charge in [0, 0.05) is 23.2 Å². The first-order valence-electron chi connectivity index (χ1n) is 9.59. The Morgan fingerprint density at radius 1 is 1.04 bits per heavy atom. The van der Waals surface area contributed by atoms with E-state index < -0.39 is 0 Å². The van der Waals surface area contributed by atoms with Gasteiger partial charge in [0.1, 0.15) is 0 Å². The maximum atomic E-state index is 12.5. The van der Waals surface area contributed by atoms with Gasteiger partial charge in [-0.2, -0.15) is 0 Å². The van der Waals surface area contributed by atoms with Crippen LogP contribution in [0.5, 0.6) is 0 Å². The van der Waals surface area contributed by atoms with Crippen molar-refractivity contribution in [3.05, 3.63) is 29.8 Å². The van der Waals surface area contributed by atoms with Crippen molar-refractivity contribution in [1.29, 1.82) is 0 Å². The third kappa shape index (κ3) is 4.04. The van der Waals surface area contributed by atoms with Crippen molar-refractivity contribution < 1.29 is 9.59 Å². The largest absolute Gasteiger partial charge is 0.349 e. The van der Waals surface area contributed by atoms with Gasteiger partial charge < -0.3 is 16.0 Å². The molecule has 1 aromatic carbocycles. The molecule has 4 rings (SSSR count). The smallest absolute Gasteiger partial charge is 0.251 e. The summed E-state index contributed by atoms with van der Waals surface area (Å²) in [6.07, 6.45) is 7.79. The highest BCUT2D eigenvalue weighted by atomic mass is 35.5. The number of halogens is 1. The number of amides is 2. The Labute approximate surface area is 161 Å². The first-order valence-corrected chi connectivity index (χ1v) is 9.59. The van der Waals surface area contributed by atoms with Gasteiger partial charge in [-0.3, -0.25) is 9.59 Å². The Bertz CT molecular complexity index is 650. The number of hydrogen-bond acceptors (Lipinski definition) is 3. The molecule has 1 atom stereocenters. The van der Waals surface area contributed by atoms with Gasteiger partial charge in [0.05, 0.1) is 0 Å². The van der Waals surface area contributed by atoms with Gasteiger partial charge in [-0.05, 0) is 74.9 Å². The number of anilines is 1. The number of benzene rings is 1. The standard InChI is InChI=1S/C20H27N3O2.ClH/c24-18(22-15-3-1-2-4-15)14-5-7-16(8-6-14)23-19(25)17-13-20(17)9-11-21-12-10-20;/h5-8,15,17,21H,1-4,9-13H2,(H,22,24)(H,23,25);1H. The third-order valence-electron chi connectivity index (χ3n) is 6.21. The summed E-state index contributed by atoms with van der Waals surface area (Å²) >= 11 is 0. The lowest BCUT2D eigenvalue weighted by molar-refractivity contribution is -0.118. The number of carbonyl (C=O) groups excluding carboxylic acids is 2. The molecule has 1 heterocycles. The lowest BCUT2D eigenvalue weighted by atomic mass is 9.92. The van der Waals surface area contributed by atoms with Crippen LogP contribution in [0.15, 0.2) is 24.3 Å². The summed E-state index contributed by atoms with van der Waals surface area (Å²) in [6.45, 7) is 2.04. The molecule has 2 aliphatic carbocycles. The van der Waals surface area contributed by atoms with E-state index in [-0.39, 0.29) is 35.6 Å². The molecule has 5 nitrogen and oxygen atoms in total. The molecule has 1 aromatic rings. The Kier molecular flexibility index (Phi) is 5.88. The summed E-state index contributed by atoms with van der Waals surface area (Å²) < 4.78 is 0. The van der Waals surface area contributed by atoms with Crippen LogP contribution < -0.4 is 16.0 Å². The lowest BCUT2D eigenvalue weighted by Crippen LogP contribution is -2.32. The fourth-order valence-electron chi connectivity index (χ4n) is 4.47. The zero-order valence-electron chi connectivity index (χ0n) is 15.1. The second kappa shape index (κ2) is 7.97. The van der Waals surface area contributed by atoms with Crippen molar-refractivity contribution in [2.75, 3.05) is 18.4 Å². The average Bonchev–Trinajstić information content (AvgIpc) is 3.06. The SMILES string of the molecule is Cl.O=C(NC1CCCC1)c1ccc(NC(=O)C2CC23CCNCC3)cc1. The summed E-state index contributed by atoms with van der Waals surface area (Å²) in [4.78, 5) is 24.7. The van der Waals surface area contributed by atoms with E-state index in [1.807, 2.05) is 12.1 Å². The van der Waals surface area contributed by atoms with Crippen LogP contribution >= 0.6 is 12.4 Å². The molecule has 1 aliphatic heterocycles. The molecule has 2 amide bonds. The molecule has 3 aliphatic rings. The molecule has 142 valence electrons. The molecule has 0 bridgehead atoms. The second-order valence-electron chi connectivity index (χ2n) is 7.89. The summed E-state index contributed by atoms with van der Waals surface area (Å²) in [5, 5.41) is 9.48. The minimum Gasteiger partial charge on any atom is -0.349 e. The zero-order chi connectivity index (χ0) is 17.3. The Morgan fingerprint density at radius 2 is 1.69 bits per heavy atom. The highest BCUT2D eigenvalue weighted by molar-refractivity contribution is 5.97. The van der Waals surface area contributed by atoms with E-state index in [9.17, 15) is 9.59 Å². The zero-order valence-corrected chi connectivity index (χ0v) is 15.9. The molecule has 1 saturated heterocycles. The minimum atomic E-state index is -0.0133. The number of carbonyl (C=O) groups is 2. The highest BCUT2D eigenvalue weighted by Gasteiger charge is 2.57. The van der Waals surface area contributed by atoms with Crippen molar-refractivity contribution in [3.8, 4) is 0 Å². The van der Waals surface area contributed by atoms with Crippen LogP contribution in [0.3, 0.4) is 0 Å². The first-order chi connectivity index (χ1) is 12.2. The molecule has 3 N–H and O–H groups in total. The first kappa shape index (κ1) is 19.2. The van der Waals surface area contributed by atoms with Crippen LogP contribution in [0.25, 0.3) is 0 Å². The molecule has 0 radical (unpaired) electrons. The van der Waals surface area contributed by atoms with Crippen molar-refractivity contribution in [2.24, 2.45) is 11.3 Å². The van der Waals surface area contributed by atoms with Gasteiger partial charge in [0.2, 0.25) is 5.91 Å². The Hall–Kier alpha value is -1.59. The van der Waals surface area contributed by atoms with Crippen molar-refractivity contribution >= 4 is 29.9 Å². The predicted molar refractivity (Wildman–Crippen MR) is 105 cm³/mol. The molecule has 1 spiro atoms. The minimum absolute atomic E-state index is 0. The van der Waals surface area contributed by atoms with Crippen LogP contribution in [-0.2, 0) is 4.79 Å². The molecule has 0 aromatic heterocycles. The number of piperidine rings is 1. The van der Waals surface area contributed by atoms with Crippen LogP contribution in [-0.4, -0.2) is 30.9 Å². The van der Waals surface area contributed by atoms with E-state index >= 15 is 0 Å². The van der Waals surface area contributed by atoms with Crippen molar-refractivity contribution in [3.63, 3.8) is 0 Å². The lowest BCUT2D eigenvalue weighted by Gasteiger charge is -2.23. The van der Waals surface area contributed by atoms with E-state index in [0.29, 0.717) is 11.6 Å². The van der Waals surface area contributed by atoms with Crippen molar-refractivity contribution in [2.45, 2.75) is 51.0 Å². The van der Waals surface area contributed by atoms with E-state index in [2.05, 4.69) is 16.0 Å². The van der Waals surface area contributed by atoms with Gasteiger partial charge in [0.15, 0.2) is 0 Å². The summed E-state index contributed by atoms with van der Waals surface area (Å²) in [6, 6.07) is 7.58. The monoisotopic (exact) mass is 377 g/mol. The van der Waals surface area contributed by atoms with Crippen LogP contribution in [0.2, 0.25) is 0 Å². The molecular formula is C20H28ClN3O2. The quantitative estimate of drug-likeness (QED) is 0.755. The Morgan fingerprint density at radius 3 is 2.35 bits per heavy atom. The second-order valence-corrected chi connectivity index (χ2v) is 7.89. The predicted octanol–water partition coefficient (Wildman–Crippen LogP) is 3.11. The topological polar surface area (TPSA) is 70.2 Å². The van der Waals surface area contributed by atoms with Crippen LogP contribution in [0.4, 0.5) is 5.69 Å². The molecule has 2 saturated carbocycles. The number of rotatable bonds is 4. The molecular weight excluding hydrogens is 350 g/mol. The van der Waals surface area contributed by atoms with E-state index in [1.54, 1.807) is 12.1 Å². The number of hydrogen-bond donors (Lipinski definition) is 3. The van der Waals surface area contributed by atoms with Gasteiger partial charge in [-0.15, -0.1) is 12.4 Å². The molecule has 26 heavy (non-hydrogen) atoms. The molecule has 3 fully saturated rings.